The molecule has 8 heteroatoms. The molecule has 0 aliphatic carbocycles. The highest BCUT2D eigenvalue weighted by molar-refractivity contribution is 7.09. The van der Waals surface area contributed by atoms with Crippen molar-refractivity contribution in [3.63, 3.8) is 0 Å². The van der Waals surface area contributed by atoms with Gasteiger partial charge < -0.3 is 9.73 Å². The third-order valence-corrected chi connectivity index (χ3v) is 6.08. The van der Waals surface area contributed by atoms with Crippen molar-refractivity contribution in [3.8, 4) is 0 Å². The number of amides is 1. The summed E-state index contributed by atoms with van der Waals surface area (Å²) in [5, 5.41) is 5.88. The second kappa shape index (κ2) is 9.51. The molecule has 1 aliphatic rings. The first kappa shape index (κ1) is 20.7. The number of carbonyl (C=O) groups is 1. The Morgan fingerprint density at radius 1 is 1.13 bits per heavy atom. The van der Waals surface area contributed by atoms with Crippen LogP contribution in [-0.2, 0) is 13.1 Å². The zero-order valence-corrected chi connectivity index (χ0v) is 18.2. The summed E-state index contributed by atoms with van der Waals surface area (Å²) in [4.78, 5) is 26.1. The number of aromatic nitrogens is 2. The summed E-state index contributed by atoms with van der Waals surface area (Å²) >= 11 is 1.57. The number of nitrogens with zero attached hydrogens (tertiary/aromatic N) is 4. The van der Waals surface area contributed by atoms with Crippen molar-refractivity contribution >= 4 is 17.2 Å². The zero-order valence-electron chi connectivity index (χ0n) is 17.4. The number of piperazine rings is 1. The molecule has 0 saturated carbocycles. The van der Waals surface area contributed by atoms with E-state index in [1.807, 2.05) is 25.3 Å². The van der Waals surface area contributed by atoms with Crippen LogP contribution in [0.25, 0.3) is 0 Å². The molecular formula is C22H27N5O2S. The molecule has 158 valence electrons. The molecule has 7 nitrogen and oxygen atoms in total. The highest BCUT2D eigenvalue weighted by Crippen LogP contribution is 2.17. The molecule has 1 aromatic carbocycles. The van der Waals surface area contributed by atoms with Gasteiger partial charge in [-0.3, -0.25) is 14.6 Å². The molecule has 0 spiro atoms. The summed E-state index contributed by atoms with van der Waals surface area (Å²) in [6.07, 6.45) is 1.44. The van der Waals surface area contributed by atoms with Crippen LogP contribution in [-0.4, -0.2) is 51.9 Å². The number of oxazole rings is 1. The highest BCUT2D eigenvalue weighted by Gasteiger charge is 2.21. The van der Waals surface area contributed by atoms with Gasteiger partial charge >= 0.3 is 0 Å². The van der Waals surface area contributed by atoms with E-state index in [0.717, 1.165) is 43.4 Å². The Labute approximate surface area is 180 Å². The van der Waals surface area contributed by atoms with Gasteiger partial charge in [0.2, 0.25) is 5.89 Å². The Kier molecular flexibility index (Phi) is 6.56. The van der Waals surface area contributed by atoms with Crippen LogP contribution in [0, 0.1) is 6.92 Å². The summed E-state index contributed by atoms with van der Waals surface area (Å²) in [5.74, 6) is 0.338. The molecule has 1 saturated heterocycles. The molecule has 2 aromatic heterocycles. The lowest BCUT2D eigenvalue weighted by Gasteiger charge is -2.34. The molecule has 30 heavy (non-hydrogen) atoms. The molecule has 1 amide bonds. The first-order valence-corrected chi connectivity index (χ1v) is 11.1. The third-order valence-electron chi connectivity index (χ3n) is 5.29. The van der Waals surface area contributed by atoms with Crippen molar-refractivity contribution < 1.29 is 9.21 Å². The lowest BCUT2D eigenvalue weighted by atomic mass is 10.2. The lowest BCUT2D eigenvalue weighted by molar-refractivity contribution is 0.0933. The van der Waals surface area contributed by atoms with Crippen LogP contribution in [0.3, 0.4) is 0 Å². The predicted molar refractivity (Wildman–Crippen MR) is 116 cm³/mol. The van der Waals surface area contributed by atoms with Gasteiger partial charge in [-0.05, 0) is 19.4 Å². The smallest absolute Gasteiger partial charge is 0.273 e. The van der Waals surface area contributed by atoms with E-state index in [1.165, 1.54) is 11.8 Å². The van der Waals surface area contributed by atoms with E-state index in [9.17, 15) is 4.79 Å². The largest absolute Gasteiger partial charge is 0.447 e. The SMILES string of the molecule is Cc1nc(C(C)NC(=O)c2coc(CN3CCN(Cc4ccccc4)CC3)n2)cs1. The van der Waals surface area contributed by atoms with Gasteiger partial charge in [-0.15, -0.1) is 11.3 Å². The van der Waals surface area contributed by atoms with Gasteiger partial charge in [0, 0.05) is 38.1 Å². The number of rotatable bonds is 7. The van der Waals surface area contributed by atoms with E-state index in [1.54, 1.807) is 11.3 Å². The van der Waals surface area contributed by atoms with E-state index in [2.05, 4.69) is 49.4 Å². The number of thiazole rings is 1. The van der Waals surface area contributed by atoms with Crippen molar-refractivity contribution in [2.45, 2.75) is 33.0 Å². The minimum Gasteiger partial charge on any atom is -0.447 e. The topological polar surface area (TPSA) is 74.5 Å². The lowest BCUT2D eigenvalue weighted by Crippen LogP contribution is -2.45. The van der Waals surface area contributed by atoms with Crippen LogP contribution in [0.2, 0.25) is 0 Å². The van der Waals surface area contributed by atoms with Gasteiger partial charge in [-0.25, -0.2) is 9.97 Å². The van der Waals surface area contributed by atoms with Crippen molar-refractivity contribution in [3.05, 3.63) is 69.8 Å². The van der Waals surface area contributed by atoms with Crippen LogP contribution in [0.15, 0.2) is 46.4 Å². The number of aryl methyl sites for hydroxylation is 1. The summed E-state index contributed by atoms with van der Waals surface area (Å²) in [5.41, 5.74) is 2.52. The van der Waals surface area contributed by atoms with Gasteiger partial charge in [0.05, 0.1) is 23.3 Å². The Morgan fingerprint density at radius 2 is 1.83 bits per heavy atom. The van der Waals surface area contributed by atoms with E-state index in [4.69, 9.17) is 4.42 Å². The average molecular weight is 426 g/mol. The Bertz CT molecular complexity index is 963. The van der Waals surface area contributed by atoms with Gasteiger partial charge in [0.1, 0.15) is 6.26 Å². The molecule has 4 rings (SSSR count). The van der Waals surface area contributed by atoms with Gasteiger partial charge in [0.25, 0.3) is 5.91 Å². The average Bonchev–Trinajstić information content (AvgIpc) is 3.39. The molecule has 1 fully saturated rings. The second-order valence-corrected chi connectivity index (χ2v) is 8.71. The third kappa shape index (κ3) is 5.33. The predicted octanol–water partition coefficient (Wildman–Crippen LogP) is 3.25. The molecule has 1 atom stereocenters. The second-order valence-electron chi connectivity index (χ2n) is 7.65. The van der Waals surface area contributed by atoms with Crippen molar-refractivity contribution in [2.75, 3.05) is 26.2 Å². The van der Waals surface area contributed by atoms with E-state index >= 15 is 0 Å². The van der Waals surface area contributed by atoms with Crippen molar-refractivity contribution in [1.29, 1.82) is 0 Å². The van der Waals surface area contributed by atoms with Gasteiger partial charge in [-0.1, -0.05) is 30.3 Å². The van der Waals surface area contributed by atoms with Gasteiger partial charge in [0.15, 0.2) is 5.69 Å². The fraction of sp³-hybridized carbons (Fsp3) is 0.409. The van der Waals surface area contributed by atoms with Crippen LogP contribution >= 0.6 is 11.3 Å². The minimum absolute atomic E-state index is 0.166. The fourth-order valence-electron chi connectivity index (χ4n) is 3.55. The summed E-state index contributed by atoms with van der Waals surface area (Å²) in [7, 11) is 0. The molecule has 3 heterocycles. The molecule has 1 unspecified atom stereocenters. The van der Waals surface area contributed by atoms with E-state index < -0.39 is 0 Å². The summed E-state index contributed by atoms with van der Waals surface area (Å²) in [6, 6.07) is 10.4. The summed E-state index contributed by atoms with van der Waals surface area (Å²) < 4.78 is 5.56. The molecule has 1 N–H and O–H groups in total. The van der Waals surface area contributed by atoms with E-state index in [0.29, 0.717) is 18.1 Å². The van der Waals surface area contributed by atoms with Crippen molar-refractivity contribution in [1.82, 2.24) is 25.1 Å². The fourth-order valence-corrected chi connectivity index (χ4v) is 4.26. The zero-order chi connectivity index (χ0) is 20.9. The van der Waals surface area contributed by atoms with Crippen LogP contribution < -0.4 is 5.32 Å². The minimum atomic E-state index is -0.240. The first-order valence-electron chi connectivity index (χ1n) is 10.2. The quantitative estimate of drug-likeness (QED) is 0.626. The molecular weight excluding hydrogens is 398 g/mol. The molecule has 0 bridgehead atoms. The standard InChI is InChI=1S/C22H27N5O2S/c1-16(20-15-30-17(2)24-20)23-22(28)19-14-29-21(25-19)13-27-10-8-26(9-11-27)12-18-6-4-3-5-7-18/h3-7,14-16H,8-13H2,1-2H3,(H,23,28). The molecule has 0 radical (unpaired) electrons. The number of nitrogens with one attached hydrogen (secondary N) is 1. The maximum atomic E-state index is 12.5. The van der Waals surface area contributed by atoms with Gasteiger partial charge in [-0.2, -0.15) is 0 Å². The number of benzene rings is 1. The molecule has 3 aromatic rings. The van der Waals surface area contributed by atoms with Crippen LogP contribution in [0.5, 0.6) is 0 Å². The number of hydrogen-bond donors (Lipinski definition) is 1. The van der Waals surface area contributed by atoms with Crippen LogP contribution in [0.4, 0.5) is 0 Å². The number of carbonyl (C=O) groups excluding carboxylic acids is 1. The Balaban J connectivity index is 1.25. The van der Waals surface area contributed by atoms with Crippen LogP contribution in [0.1, 0.15) is 45.6 Å². The summed E-state index contributed by atoms with van der Waals surface area (Å²) in [6.45, 7) is 9.40. The number of hydrogen-bond acceptors (Lipinski definition) is 7. The normalized spacial score (nSPS) is 16.5. The van der Waals surface area contributed by atoms with E-state index in [-0.39, 0.29) is 11.9 Å². The first-order chi connectivity index (χ1) is 14.6. The molecule has 1 aliphatic heterocycles. The maximum Gasteiger partial charge on any atom is 0.273 e. The van der Waals surface area contributed by atoms with Crippen molar-refractivity contribution in [2.24, 2.45) is 0 Å². The Hall–Kier alpha value is -2.55. The Morgan fingerprint density at radius 3 is 2.50 bits per heavy atom. The monoisotopic (exact) mass is 425 g/mol. The highest BCUT2D eigenvalue weighted by atomic mass is 32.1. The maximum absolute atomic E-state index is 12.5.